The standard InChI is InChI=1S/C29H39N5O2Si/c1-19(2)37(20(3)4,21(5)6)14-13-24-16-27(36-9)32-28-26(24)17-30-29(33-28)31-25-12-10-11-23(15-25)18-34(8)22(7)35/h10-12,15-17,19-21H,18H2,1-9H3,(H,30,31,32,33). The Kier molecular flexibility index (Phi) is 8.92. The fourth-order valence-electron chi connectivity index (χ4n) is 5.12. The molecule has 1 aromatic carbocycles. The molecule has 0 fully saturated rings. The zero-order chi connectivity index (χ0) is 27.3. The molecular weight excluding hydrogens is 478 g/mol. The van der Waals surface area contributed by atoms with Gasteiger partial charge in [-0.15, -0.1) is 5.54 Å². The molecule has 1 N–H and O–H groups in total. The molecule has 3 rings (SSSR count). The normalized spacial score (nSPS) is 11.6. The van der Waals surface area contributed by atoms with Gasteiger partial charge in [0, 0.05) is 44.0 Å². The SMILES string of the molecule is COc1cc(C#C[Si](C(C)C)(C(C)C)C(C)C)c2cnc(Nc3cccc(CN(C)C(C)=O)c3)nc2n1. The molecule has 0 aliphatic carbocycles. The predicted molar refractivity (Wildman–Crippen MR) is 154 cm³/mol. The Morgan fingerprint density at radius 2 is 1.76 bits per heavy atom. The molecule has 1 amide bonds. The summed E-state index contributed by atoms with van der Waals surface area (Å²) in [4.78, 5) is 27.1. The van der Waals surface area contributed by atoms with Gasteiger partial charge in [-0.2, -0.15) is 9.97 Å². The summed E-state index contributed by atoms with van der Waals surface area (Å²) in [5.41, 5.74) is 8.59. The number of nitrogens with zero attached hydrogens (tertiary/aromatic N) is 4. The number of pyridine rings is 1. The van der Waals surface area contributed by atoms with Crippen LogP contribution in [0.4, 0.5) is 11.6 Å². The van der Waals surface area contributed by atoms with Gasteiger partial charge in [0.05, 0.1) is 12.5 Å². The predicted octanol–water partition coefficient (Wildman–Crippen LogP) is 6.32. The van der Waals surface area contributed by atoms with Gasteiger partial charge in [-0.25, -0.2) is 4.98 Å². The third-order valence-electron chi connectivity index (χ3n) is 7.17. The highest BCUT2D eigenvalue weighted by Crippen LogP contribution is 2.41. The Morgan fingerprint density at radius 3 is 2.35 bits per heavy atom. The quantitative estimate of drug-likeness (QED) is 0.278. The van der Waals surface area contributed by atoms with Crippen LogP contribution in [0, 0.1) is 11.5 Å². The maximum absolute atomic E-state index is 11.6. The van der Waals surface area contributed by atoms with E-state index in [2.05, 4.69) is 73.3 Å². The molecule has 37 heavy (non-hydrogen) atoms. The minimum absolute atomic E-state index is 0.0187. The Morgan fingerprint density at radius 1 is 1.08 bits per heavy atom. The van der Waals surface area contributed by atoms with Crippen molar-refractivity contribution in [3.8, 4) is 17.3 Å². The average Bonchev–Trinajstić information content (AvgIpc) is 2.83. The Bertz CT molecular complexity index is 1310. The van der Waals surface area contributed by atoms with Crippen LogP contribution in [0.3, 0.4) is 0 Å². The maximum atomic E-state index is 11.6. The van der Waals surface area contributed by atoms with Crippen LogP contribution >= 0.6 is 0 Å². The van der Waals surface area contributed by atoms with Gasteiger partial charge >= 0.3 is 0 Å². The number of anilines is 2. The first kappa shape index (κ1) is 28.1. The third-order valence-corrected chi connectivity index (χ3v) is 13.5. The van der Waals surface area contributed by atoms with Crippen molar-refractivity contribution in [2.24, 2.45) is 0 Å². The van der Waals surface area contributed by atoms with Crippen LogP contribution in [-0.4, -0.2) is 48.0 Å². The van der Waals surface area contributed by atoms with E-state index in [1.54, 1.807) is 32.2 Å². The summed E-state index contributed by atoms with van der Waals surface area (Å²) in [6, 6.07) is 9.72. The first-order chi connectivity index (χ1) is 17.5. The van der Waals surface area contributed by atoms with Crippen LogP contribution in [-0.2, 0) is 11.3 Å². The van der Waals surface area contributed by atoms with Crippen molar-refractivity contribution in [3.63, 3.8) is 0 Å². The number of rotatable bonds is 8. The molecule has 0 saturated heterocycles. The second-order valence-electron chi connectivity index (χ2n) is 10.5. The van der Waals surface area contributed by atoms with Crippen LogP contribution in [0.5, 0.6) is 5.88 Å². The van der Waals surface area contributed by atoms with Gasteiger partial charge in [0.25, 0.3) is 0 Å². The van der Waals surface area contributed by atoms with Gasteiger partial charge in [-0.1, -0.05) is 59.6 Å². The number of ether oxygens (including phenoxy) is 1. The van der Waals surface area contributed by atoms with Crippen molar-refractivity contribution >= 4 is 36.7 Å². The number of aromatic nitrogens is 3. The topological polar surface area (TPSA) is 80.2 Å². The van der Waals surface area contributed by atoms with Crippen molar-refractivity contribution in [2.75, 3.05) is 19.5 Å². The summed E-state index contributed by atoms with van der Waals surface area (Å²) in [5, 5.41) is 4.06. The van der Waals surface area contributed by atoms with E-state index in [1.165, 1.54) is 0 Å². The molecule has 2 aromatic heterocycles. The third kappa shape index (κ3) is 6.28. The van der Waals surface area contributed by atoms with E-state index in [4.69, 9.17) is 4.74 Å². The monoisotopic (exact) mass is 517 g/mol. The summed E-state index contributed by atoms with van der Waals surface area (Å²) in [5.74, 6) is 4.43. The lowest BCUT2D eigenvalue weighted by atomic mass is 10.2. The van der Waals surface area contributed by atoms with Crippen molar-refractivity contribution in [2.45, 2.75) is 71.6 Å². The molecule has 0 radical (unpaired) electrons. The number of benzene rings is 1. The lowest BCUT2D eigenvalue weighted by molar-refractivity contribution is -0.128. The molecule has 0 spiro atoms. The van der Waals surface area contributed by atoms with Crippen molar-refractivity contribution < 1.29 is 9.53 Å². The van der Waals surface area contributed by atoms with Gasteiger partial charge in [0.2, 0.25) is 17.7 Å². The van der Waals surface area contributed by atoms with Crippen molar-refractivity contribution in [3.05, 3.63) is 47.7 Å². The number of hydrogen-bond donors (Lipinski definition) is 1. The Balaban J connectivity index is 2.00. The summed E-state index contributed by atoms with van der Waals surface area (Å²) in [7, 11) is 1.47. The van der Waals surface area contributed by atoms with Crippen LogP contribution in [0.15, 0.2) is 36.5 Å². The van der Waals surface area contributed by atoms with Gasteiger partial charge in [0.1, 0.15) is 8.07 Å². The highest BCUT2D eigenvalue weighted by Gasteiger charge is 2.41. The summed E-state index contributed by atoms with van der Waals surface area (Å²) < 4.78 is 5.49. The second kappa shape index (κ2) is 11.7. The second-order valence-corrected chi connectivity index (χ2v) is 16.1. The molecular formula is C29H39N5O2Si. The summed E-state index contributed by atoms with van der Waals surface area (Å²) in [6.45, 7) is 15.9. The number of carbonyl (C=O) groups is 1. The lowest BCUT2D eigenvalue weighted by Gasteiger charge is -2.38. The number of hydrogen-bond acceptors (Lipinski definition) is 6. The lowest BCUT2D eigenvalue weighted by Crippen LogP contribution is -2.43. The maximum Gasteiger partial charge on any atom is 0.229 e. The average molecular weight is 518 g/mol. The van der Waals surface area contributed by atoms with E-state index >= 15 is 0 Å². The summed E-state index contributed by atoms with van der Waals surface area (Å²) in [6.07, 6.45) is 1.78. The van der Waals surface area contributed by atoms with Gasteiger partial charge in [0.15, 0.2) is 5.65 Å². The van der Waals surface area contributed by atoms with Crippen LogP contribution in [0.25, 0.3) is 11.0 Å². The zero-order valence-corrected chi connectivity index (χ0v) is 24.5. The minimum Gasteiger partial charge on any atom is -0.481 e. The molecule has 7 nitrogen and oxygen atoms in total. The molecule has 3 aromatic rings. The number of methoxy groups -OCH3 is 1. The smallest absolute Gasteiger partial charge is 0.229 e. The molecule has 2 heterocycles. The molecule has 0 unspecified atom stereocenters. The van der Waals surface area contributed by atoms with E-state index in [9.17, 15) is 4.79 Å². The van der Waals surface area contributed by atoms with E-state index in [-0.39, 0.29) is 5.91 Å². The fourth-order valence-corrected chi connectivity index (χ4v) is 10.3. The molecule has 0 bridgehead atoms. The highest BCUT2D eigenvalue weighted by atomic mass is 28.3. The number of fused-ring (bicyclic) bond motifs is 1. The van der Waals surface area contributed by atoms with Gasteiger partial charge < -0.3 is 15.0 Å². The summed E-state index contributed by atoms with van der Waals surface area (Å²) >= 11 is 0. The van der Waals surface area contributed by atoms with Crippen molar-refractivity contribution in [1.82, 2.24) is 19.9 Å². The first-order valence-electron chi connectivity index (χ1n) is 12.8. The molecule has 0 atom stereocenters. The minimum atomic E-state index is -1.91. The largest absolute Gasteiger partial charge is 0.481 e. The fraction of sp³-hybridized carbons (Fsp3) is 0.448. The molecule has 8 heteroatoms. The van der Waals surface area contributed by atoms with Gasteiger partial charge in [-0.3, -0.25) is 4.79 Å². The van der Waals surface area contributed by atoms with E-state index < -0.39 is 8.07 Å². The van der Waals surface area contributed by atoms with E-state index in [0.717, 1.165) is 22.2 Å². The molecule has 0 aliphatic heterocycles. The molecule has 0 aliphatic rings. The van der Waals surface area contributed by atoms with Gasteiger partial charge in [-0.05, 0) is 34.3 Å². The van der Waals surface area contributed by atoms with Crippen molar-refractivity contribution in [1.29, 1.82) is 0 Å². The van der Waals surface area contributed by atoms with Crippen LogP contribution in [0.2, 0.25) is 16.6 Å². The van der Waals surface area contributed by atoms with Crippen LogP contribution in [0.1, 0.15) is 59.6 Å². The molecule has 196 valence electrons. The van der Waals surface area contributed by atoms with E-state index in [1.807, 2.05) is 30.3 Å². The zero-order valence-electron chi connectivity index (χ0n) is 23.5. The highest BCUT2D eigenvalue weighted by molar-refractivity contribution is 6.90. The number of nitrogens with one attached hydrogen (secondary N) is 1. The Hall–Kier alpha value is -3.44. The Labute approximate surface area is 222 Å². The first-order valence-corrected chi connectivity index (χ1v) is 15.0. The van der Waals surface area contributed by atoms with E-state index in [0.29, 0.717) is 40.6 Å². The number of carbonyl (C=O) groups excluding carboxylic acids is 1. The molecule has 0 saturated carbocycles. The number of amides is 1. The van der Waals surface area contributed by atoms with Crippen LogP contribution < -0.4 is 10.1 Å².